The Morgan fingerprint density at radius 3 is 2.44 bits per heavy atom. The highest BCUT2D eigenvalue weighted by molar-refractivity contribution is 9.10. The molecule has 1 aromatic carbocycles. The molecule has 0 aliphatic carbocycles. The number of nitrogens with two attached hydrogens (primary N) is 2. The Morgan fingerprint density at radius 2 is 1.82 bits per heavy atom. The number of esters is 1. The van der Waals surface area contributed by atoms with Gasteiger partial charge in [-0.05, 0) is 67.1 Å². The molecule has 248 valence electrons. The van der Waals surface area contributed by atoms with Gasteiger partial charge in [-0.15, -0.1) is 0 Å². The summed E-state index contributed by atoms with van der Waals surface area (Å²) in [7, 11) is -3.67. The van der Waals surface area contributed by atoms with Crippen LogP contribution in [0.4, 0.5) is 5.82 Å². The molecule has 19 heteroatoms. The van der Waals surface area contributed by atoms with Crippen molar-refractivity contribution in [3.63, 3.8) is 0 Å². The fourth-order valence-corrected chi connectivity index (χ4v) is 6.14. The normalized spacial score (nSPS) is 15.9. The molecule has 1 saturated heterocycles. The molecular weight excluding hydrogens is 698 g/mol. The smallest absolute Gasteiger partial charge is 0.323 e. The molecule has 0 radical (unpaired) electrons. The first-order valence-electron chi connectivity index (χ1n) is 13.6. The van der Waals surface area contributed by atoms with Gasteiger partial charge in [-0.25, -0.2) is 15.0 Å². The molecule has 5 rings (SSSR count). The van der Waals surface area contributed by atoms with Gasteiger partial charge >= 0.3 is 5.97 Å². The maximum atomic E-state index is 12.7. The zero-order valence-corrected chi connectivity index (χ0v) is 28.0. The average Bonchev–Trinajstić information content (AvgIpc) is 3.55. The van der Waals surface area contributed by atoms with E-state index in [0.717, 1.165) is 33.8 Å². The van der Waals surface area contributed by atoms with Crippen molar-refractivity contribution in [2.45, 2.75) is 61.9 Å². The molecular formula is C26H36BrN7O9S2. The molecule has 2 atom stereocenters. The molecule has 2 aliphatic heterocycles. The van der Waals surface area contributed by atoms with Crippen molar-refractivity contribution in [2.24, 2.45) is 11.7 Å². The molecule has 0 spiro atoms. The molecule has 1 fully saturated rings. The van der Waals surface area contributed by atoms with Gasteiger partial charge in [-0.2, -0.15) is 8.42 Å². The van der Waals surface area contributed by atoms with Gasteiger partial charge in [0.15, 0.2) is 39.7 Å². The SMILES string of the molecule is CS(=O)(=O)O.C[C@H](N)C(=O)O[C@@H](C)C(=O)N1CCC(CCn2c(Sc3cc4c(cc3Br)OCO4)nc3c(N)ncnc32)CC1.O. The summed E-state index contributed by atoms with van der Waals surface area (Å²) in [6.45, 7) is 5.21. The third kappa shape index (κ3) is 9.63. The molecule has 1 amide bonds. The average molecular weight is 735 g/mol. The minimum atomic E-state index is -3.67. The standard InChI is InChI=1S/C25H30BrN7O5S.CH4O3S.H2O/c1-13(27)24(35)38-14(2)23(34)32-6-3-15(4-7-32)5-8-33-22-20(21(28)29-11-30-22)31-25(33)39-19-10-18-17(9-16(19)26)36-12-37-18;1-5(2,3)4;/h9-11,13-15H,3-8,12,27H2,1-2H3,(H2,28,29,30);1H3,(H,2,3,4);1H2/t13-,14-;;/m0../s1. The Labute approximate surface area is 272 Å². The van der Waals surface area contributed by atoms with Gasteiger partial charge in [0.25, 0.3) is 16.0 Å². The number of piperidine rings is 1. The van der Waals surface area contributed by atoms with E-state index in [1.807, 2.05) is 12.1 Å². The predicted octanol–water partition coefficient (Wildman–Crippen LogP) is 1.64. The lowest BCUT2D eigenvalue weighted by atomic mass is 9.93. The molecule has 7 N–H and O–H groups in total. The molecule has 45 heavy (non-hydrogen) atoms. The van der Waals surface area contributed by atoms with Gasteiger partial charge in [0.05, 0.1) is 6.26 Å². The van der Waals surface area contributed by atoms with Crippen molar-refractivity contribution in [3.8, 4) is 11.5 Å². The number of amides is 1. The van der Waals surface area contributed by atoms with E-state index in [9.17, 15) is 18.0 Å². The number of anilines is 1. The third-order valence-electron chi connectivity index (χ3n) is 6.85. The van der Waals surface area contributed by atoms with Crippen LogP contribution in [0.5, 0.6) is 11.5 Å². The van der Waals surface area contributed by atoms with E-state index >= 15 is 0 Å². The summed E-state index contributed by atoms with van der Waals surface area (Å²) < 4.78 is 45.0. The maximum Gasteiger partial charge on any atom is 0.323 e. The van der Waals surface area contributed by atoms with E-state index in [0.29, 0.717) is 60.3 Å². The predicted molar refractivity (Wildman–Crippen MR) is 168 cm³/mol. The number of likely N-dealkylation sites (tertiary alicyclic amines) is 1. The first-order valence-corrected chi connectivity index (χ1v) is 17.1. The van der Waals surface area contributed by atoms with Gasteiger partial charge in [0.2, 0.25) is 6.79 Å². The van der Waals surface area contributed by atoms with Crippen LogP contribution in [0.15, 0.2) is 33.0 Å². The molecule has 2 aliphatic rings. The minimum absolute atomic E-state index is 0. The number of aromatic nitrogens is 4. The van der Waals surface area contributed by atoms with Crippen molar-refractivity contribution >= 4 is 66.7 Å². The molecule has 2 aromatic heterocycles. The lowest BCUT2D eigenvalue weighted by molar-refractivity contribution is -0.160. The van der Waals surface area contributed by atoms with Crippen molar-refractivity contribution in [3.05, 3.63) is 22.9 Å². The maximum absolute atomic E-state index is 12.7. The Balaban J connectivity index is 0.000000854. The highest BCUT2D eigenvalue weighted by Crippen LogP contribution is 2.43. The van der Waals surface area contributed by atoms with Crippen LogP contribution in [-0.2, 0) is 31.0 Å². The largest absolute Gasteiger partial charge is 0.454 e. The van der Waals surface area contributed by atoms with Crippen molar-refractivity contribution in [1.82, 2.24) is 24.4 Å². The zero-order valence-electron chi connectivity index (χ0n) is 24.8. The second kappa shape index (κ2) is 15.4. The number of nitrogens with zero attached hydrogens (tertiary/aromatic N) is 5. The molecule has 0 unspecified atom stereocenters. The fraction of sp³-hybridized carbons (Fsp3) is 0.500. The van der Waals surface area contributed by atoms with Crippen LogP contribution >= 0.6 is 27.7 Å². The van der Waals surface area contributed by atoms with Crippen LogP contribution < -0.4 is 20.9 Å². The number of rotatable bonds is 8. The Morgan fingerprint density at radius 1 is 1.20 bits per heavy atom. The van der Waals surface area contributed by atoms with Crippen LogP contribution in [0.2, 0.25) is 0 Å². The van der Waals surface area contributed by atoms with Crippen molar-refractivity contribution in [1.29, 1.82) is 0 Å². The van der Waals surface area contributed by atoms with E-state index in [-0.39, 0.29) is 18.2 Å². The summed E-state index contributed by atoms with van der Waals surface area (Å²) in [6.07, 6.45) is 3.89. The molecule has 0 bridgehead atoms. The number of fused-ring (bicyclic) bond motifs is 2. The number of aryl methyl sites for hydroxylation is 1. The van der Waals surface area contributed by atoms with Crippen molar-refractivity contribution in [2.75, 3.05) is 31.9 Å². The summed E-state index contributed by atoms with van der Waals surface area (Å²) in [5, 5.41) is 0.745. The first-order chi connectivity index (χ1) is 20.7. The molecule has 4 heterocycles. The van der Waals surface area contributed by atoms with Crippen LogP contribution in [0.25, 0.3) is 11.2 Å². The summed E-state index contributed by atoms with van der Waals surface area (Å²) >= 11 is 5.11. The second-order valence-electron chi connectivity index (χ2n) is 10.4. The molecule has 16 nitrogen and oxygen atoms in total. The fourth-order valence-electron chi connectivity index (χ4n) is 4.63. The third-order valence-corrected chi connectivity index (χ3v) is 8.82. The minimum Gasteiger partial charge on any atom is -0.454 e. The highest BCUT2D eigenvalue weighted by Gasteiger charge is 2.29. The van der Waals surface area contributed by atoms with E-state index < -0.39 is 28.2 Å². The molecule has 0 saturated carbocycles. The first kappa shape index (κ1) is 36.2. The van der Waals surface area contributed by atoms with Gasteiger partial charge in [0, 0.05) is 29.0 Å². The lowest BCUT2D eigenvalue weighted by Crippen LogP contribution is -2.45. The monoisotopic (exact) mass is 733 g/mol. The number of halogens is 1. The van der Waals surface area contributed by atoms with Gasteiger partial charge < -0.3 is 40.6 Å². The Bertz CT molecular complexity index is 1620. The van der Waals surface area contributed by atoms with E-state index in [2.05, 4.69) is 30.5 Å². The number of carbonyl (C=O) groups is 2. The number of carbonyl (C=O) groups excluding carboxylic acids is 2. The number of nitrogen functional groups attached to an aromatic ring is 1. The zero-order chi connectivity index (χ0) is 32.2. The Kier molecular flexibility index (Phi) is 12.4. The topological polar surface area (TPSA) is 247 Å². The lowest BCUT2D eigenvalue weighted by Gasteiger charge is -2.33. The quantitative estimate of drug-likeness (QED) is 0.220. The van der Waals surface area contributed by atoms with Crippen molar-refractivity contribution < 1.29 is 42.2 Å². The van der Waals surface area contributed by atoms with E-state index in [1.165, 1.54) is 25.0 Å². The summed E-state index contributed by atoms with van der Waals surface area (Å²) in [5.41, 5.74) is 12.9. The molecule has 3 aromatic rings. The van der Waals surface area contributed by atoms with E-state index in [1.54, 1.807) is 11.8 Å². The van der Waals surface area contributed by atoms with Crippen LogP contribution in [0.1, 0.15) is 33.1 Å². The van der Waals surface area contributed by atoms with Gasteiger partial charge in [-0.1, -0.05) is 11.8 Å². The summed E-state index contributed by atoms with van der Waals surface area (Å²) in [4.78, 5) is 40.5. The Hall–Kier alpha value is -3.23. The highest BCUT2D eigenvalue weighted by atomic mass is 79.9. The number of hydrogen-bond acceptors (Lipinski definition) is 13. The van der Waals surface area contributed by atoms with Gasteiger partial charge in [-0.3, -0.25) is 14.1 Å². The van der Waals surface area contributed by atoms with Crippen LogP contribution in [-0.4, -0.2) is 93.0 Å². The number of imidazole rings is 1. The second-order valence-corrected chi connectivity index (χ2v) is 13.7. The van der Waals surface area contributed by atoms with Crippen LogP contribution in [0.3, 0.4) is 0 Å². The summed E-state index contributed by atoms with van der Waals surface area (Å²) in [5.74, 6) is 1.35. The number of ether oxygens (including phenoxy) is 3. The summed E-state index contributed by atoms with van der Waals surface area (Å²) in [6, 6.07) is 3.05. The van der Waals surface area contributed by atoms with Gasteiger partial charge in [0.1, 0.15) is 12.4 Å². The van der Waals surface area contributed by atoms with Crippen LogP contribution in [0, 0.1) is 5.92 Å². The van der Waals surface area contributed by atoms with E-state index in [4.69, 9.17) is 35.2 Å². The number of hydrogen-bond donors (Lipinski definition) is 3. The number of benzene rings is 1.